The van der Waals surface area contributed by atoms with E-state index in [4.69, 9.17) is 9.47 Å². The number of aryl methyl sites for hydroxylation is 1. The Labute approximate surface area is 133 Å². The predicted octanol–water partition coefficient (Wildman–Crippen LogP) is 0.876. The van der Waals surface area contributed by atoms with Crippen molar-refractivity contribution in [3.05, 3.63) is 36.2 Å². The maximum atomic E-state index is 12.6. The van der Waals surface area contributed by atoms with E-state index in [1.807, 2.05) is 6.92 Å². The van der Waals surface area contributed by atoms with Crippen molar-refractivity contribution in [2.24, 2.45) is 0 Å². The molecule has 0 saturated carbocycles. The summed E-state index contributed by atoms with van der Waals surface area (Å²) in [6.45, 7) is 4.95. The van der Waals surface area contributed by atoms with Crippen LogP contribution in [0.2, 0.25) is 0 Å². The van der Waals surface area contributed by atoms with Gasteiger partial charge in [-0.3, -0.25) is 14.9 Å². The molecule has 2 aromatic heterocycles. The molecule has 23 heavy (non-hydrogen) atoms. The van der Waals surface area contributed by atoms with Crippen LogP contribution in [0, 0.1) is 6.92 Å². The minimum atomic E-state index is -0.591. The predicted molar refractivity (Wildman–Crippen MR) is 80.7 cm³/mol. The van der Waals surface area contributed by atoms with Gasteiger partial charge in [-0.15, -0.1) is 0 Å². The van der Waals surface area contributed by atoms with Crippen molar-refractivity contribution in [2.45, 2.75) is 26.1 Å². The molecular formula is C15H19N5O3. The van der Waals surface area contributed by atoms with Gasteiger partial charge in [0.2, 0.25) is 0 Å². The van der Waals surface area contributed by atoms with Gasteiger partial charge in [0.15, 0.2) is 11.9 Å². The van der Waals surface area contributed by atoms with Gasteiger partial charge in [0.1, 0.15) is 17.7 Å². The average molecular weight is 317 g/mol. The van der Waals surface area contributed by atoms with Crippen LogP contribution in [-0.4, -0.2) is 56.8 Å². The largest absolute Gasteiger partial charge is 0.479 e. The highest BCUT2D eigenvalue weighted by molar-refractivity contribution is 5.81. The molecule has 1 fully saturated rings. The molecule has 1 saturated heterocycles. The fourth-order valence-electron chi connectivity index (χ4n) is 2.44. The maximum absolute atomic E-state index is 12.6. The number of rotatable bonds is 4. The van der Waals surface area contributed by atoms with Gasteiger partial charge in [-0.25, -0.2) is 4.98 Å². The number of carbonyl (C=O) groups excluding carboxylic acids is 1. The summed E-state index contributed by atoms with van der Waals surface area (Å²) in [4.78, 5) is 22.5. The van der Waals surface area contributed by atoms with E-state index < -0.39 is 6.10 Å². The number of carbonyl (C=O) groups is 1. The number of aromatic nitrogens is 4. The molecule has 1 aliphatic rings. The molecule has 2 aromatic rings. The van der Waals surface area contributed by atoms with Gasteiger partial charge in [-0.05, 0) is 26.0 Å². The number of hydrogen-bond donors (Lipinski definition) is 1. The summed E-state index contributed by atoms with van der Waals surface area (Å²) < 4.78 is 11.3. The lowest BCUT2D eigenvalue weighted by atomic mass is 10.2. The molecule has 0 bridgehead atoms. The van der Waals surface area contributed by atoms with E-state index in [0.29, 0.717) is 31.3 Å². The fraction of sp³-hybridized carbons (Fsp3) is 0.467. The number of aromatic amines is 1. The summed E-state index contributed by atoms with van der Waals surface area (Å²) in [6, 6.07) is 3.54. The summed E-state index contributed by atoms with van der Waals surface area (Å²) in [6.07, 6.45) is 2.34. The third-order valence-corrected chi connectivity index (χ3v) is 3.58. The van der Waals surface area contributed by atoms with Crippen LogP contribution in [-0.2, 0) is 9.53 Å². The third-order valence-electron chi connectivity index (χ3n) is 3.58. The van der Waals surface area contributed by atoms with Crippen molar-refractivity contribution in [2.75, 3.05) is 19.7 Å². The van der Waals surface area contributed by atoms with E-state index in [9.17, 15) is 4.79 Å². The van der Waals surface area contributed by atoms with Gasteiger partial charge in [0.25, 0.3) is 5.91 Å². The van der Waals surface area contributed by atoms with Crippen molar-refractivity contribution in [1.82, 2.24) is 25.1 Å². The van der Waals surface area contributed by atoms with Gasteiger partial charge in [-0.2, -0.15) is 5.10 Å². The molecule has 3 heterocycles. The SMILES string of the molecule is Cc1nc([C@H]2CN(C(=O)[C@H](C)Oc3cccnc3)CCO2)n[nH]1. The molecule has 8 heteroatoms. The first-order chi connectivity index (χ1) is 11.1. The lowest BCUT2D eigenvalue weighted by molar-refractivity contribution is -0.146. The highest BCUT2D eigenvalue weighted by atomic mass is 16.5. The van der Waals surface area contributed by atoms with Crippen molar-refractivity contribution in [3.63, 3.8) is 0 Å². The van der Waals surface area contributed by atoms with Gasteiger partial charge >= 0.3 is 0 Å². The van der Waals surface area contributed by atoms with Gasteiger partial charge in [0, 0.05) is 12.7 Å². The number of hydrogen-bond acceptors (Lipinski definition) is 6. The molecule has 0 radical (unpaired) electrons. The van der Waals surface area contributed by atoms with Crippen LogP contribution < -0.4 is 4.74 Å². The summed E-state index contributed by atoms with van der Waals surface area (Å²) >= 11 is 0. The standard InChI is InChI=1S/C15H19N5O3/c1-10(23-12-4-3-5-16-8-12)15(21)20-6-7-22-13(9-20)14-17-11(2)18-19-14/h3-5,8,10,13H,6-7,9H2,1-2H3,(H,17,18,19)/t10-,13+/m0/s1. The van der Waals surface area contributed by atoms with Crippen LogP contribution in [0.1, 0.15) is 24.7 Å². The molecular weight excluding hydrogens is 298 g/mol. The van der Waals surface area contributed by atoms with Crippen LogP contribution in [0.5, 0.6) is 5.75 Å². The molecule has 0 aliphatic carbocycles. The Balaban J connectivity index is 1.62. The first kappa shape index (κ1) is 15.4. The first-order valence-electron chi connectivity index (χ1n) is 7.49. The Morgan fingerprint density at radius 2 is 2.43 bits per heavy atom. The van der Waals surface area contributed by atoms with E-state index in [1.54, 1.807) is 36.4 Å². The fourth-order valence-corrected chi connectivity index (χ4v) is 2.44. The Kier molecular flexibility index (Phi) is 4.52. The summed E-state index contributed by atoms with van der Waals surface area (Å²) in [5.74, 6) is 1.78. The molecule has 122 valence electrons. The van der Waals surface area contributed by atoms with Crippen molar-refractivity contribution in [1.29, 1.82) is 0 Å². The number of nitrogens with zero attached hydrogens (tertiary/aromatic N) is 4. The molecule has 0 spiro atoms. The number of amides is 1. The van der Waals surface area contributed by atoms with E-state index in [-0.39, 0.29) is 12.0 Å². The molecule has 1 aliphatic heterocycles. The third kappa shape index (κ3) is 3.65. The van der Waals surface area contributed by atoms with E-state index in [2.05, 4.69) is 20.2 Å². The number of nitrogens with one attached hydrogen (secondary N) is 1. The Bertz CT molecular complexity index is 660. The lowest BCUT2D eigenvalue weighted by Gasteiger charge is -2.33. The normalized spacial score (nSPS) is 19.4. The van der Waals surface area contributed by atoms with Gasteiger partial charge < -0.3 is 14.4 Å². The zero-order valence-corrected chi connectivity index (χ0v) is 13.1. The Hall–Kier alpha value is -2.48. The molecule has 3 rings (SSSR count). The van der Waals surface area contributed by atoms with Crippen LogP contribution in [0.4, 0.5) is 0 Å². The topological polar surface area (TPSA) is 93.2 Å². The number of pyridine rings is 1. The molecule has 8 nitrogen and oxygen atoms in total. The van der Waals surface area contributed by atoms with Crippen molar-refractivity contribution < 1.29 is 14.3 Å². The van der Waals surface area contributed by atoms with Crippen LogP contribution >= 0.6 is 0 Å². The van der Waals surface area contributed by atoms with Gasteiger partial charge in [0.05, 0.1) is 19.3 Å². The number of ether oxygens (including phenoxy) is 2. The molecule has 1 N–H and O–H groups in total. The van der Waals surface area contributed by atoms with Crippen LogP contribution in [0.3, 0.4) is 0 Å². The molecule has 0 aromatic carbocycles. The van der Waals surface area contributed by atoms with Crippen LogP contribution in [0.15, 0.2) is 24.5 Å². The second-order valence-electron chi connectivity index (χ2n) is 5.37. The average Bonchev–Trinajstić information content (AvgIpc) is 3.02. The van der Waals surface area contributed by atoms with Gasteiger partial charge in [-0.1, -0.05) is 0 Å². The van der Waals surface area contributed by atoms with E-state index in [1.165, 1.54) is 0 Å². The minimum absolute atomic E-state index is 0.0885. The molecule has 0 unspecified atom stereocenters. The second kappa shape index (κ2) is 6.74. The van der Waals surface area contributed by atoms with Crippen molar-refractivity contribution in [3.8, 4) is 5.75 Å². The summed E-state index contributed by atoms with van der Waals surface area (Å²) in [5, 5.41) is 6.90. The van der Waals surface area contributed by atoms with E-state index >= 15 is 0 Å². The first-order valence-corrected chi connectivity index (χ1v) is 7.49. The quantitative estimate of drug-likeness (QED) is 0.899. The maximum Gasteiger partial charge on any atom is 0.263 e. The van der Waals surface area contributed by atoms with Crippen LogP contribution in [0.25, 0.3) is 0 Å². The highest BCUT2D eigenvalue weighted by Crippen LogP contribution is 2.20. The monoisotopic (exact) mass is 317 g/mol. The Morgan fingerprint density at radius 1 is 1.57 bits per heavy atom. The Morgan fingerprint density at radius 3 is 3.13 bits per heavy atom. The summed E-state index contributed by atoms with van der Waals surface area (Å²) in [7, 11) is 0. The summed E-state index contributed by atoms with van der Waals surface area (Å²) in [5.41, 5.74) is 0. The number of morpholine rings is 1. The smallest absolute Gasteiger partial charge is 0.263 e. The second-order valence-corrected chi connectivity index (χ2v) is 5.37. The molecule has 1 amide bonds. The molecule has 2 atom stereocenters. The zero-order valence-electron chi connectivity index (χ0n) is 13.1. The van der Waals surface area contributed by atoms with E-state index in [0.717, 1.165) is 5.82 Å². The van der Waals surface area contributed by atoms with Crippen molar-refractivity contribution >= 4 is 5.91 Å². The minimum Gasteiger partial charge on any atom is -0.479 e. The highest BCUT2D eigenvalue weighted by Gasteiger charge is 2.30. The lowest BCUT2D eigenvalue weighted by Crippen LogP contribution is -2.47. The zero-order chi connectivity index (χ0) is 16.2. The number of H-pyrrole nitrogens is 1.